The topological polar surface area (TPSA) is 82.2 Å². The van der Waals surface area contributed by atoms with Gasteiger partial charge in [0.1, 0.15) is 0 Å². The predicted octanol–water partition coefficient (Wildman–Crippen LogP) is 1.58. The molecule has 8 nitrogen and oxygen atoms in total. The highest BCUT2D eigenvalue weighted by atomic mass is 16.6. The minimum atomic E-state index is -0.340. The van der Waals surface area contributed by atoms with Gasteiger partial charge in [-0.2, -0.15) is 0 Å². The van der Waals surface area contributed by atoms with E-state index in [-0.39, 0.29) is 24.1 Å². The predicted molar refractivity (Wildman–Crippen MR) is 101 cm³/mol. The van der Waals surface area contributed by atoms with Crippen LogP contribution in [0.2, 0.25) is 0 Å². The Kier molecular flexibility index (Phi) is 5.83. The number of ether oxygens (including phenoxy) is 1. The Morgan fingerprint density at radius 3 is 2.37 bits per heavy atom. The fourth-order valence-corrected chi connectivity index (χ4v) is 3.35. The number of nitrogens with zero attached hydrogens (tertiary/aromatic N) is 3. The number of piperazine rings is 1. The van der Waals surface area contributed by atoms with Crippen molar-refractivity contribution >= 4 is 23.7 Å². The molecule has 1 N–H and O–H groups in total. The third kappa shape index (κ3) is 4.50. The summed E-state index contributed by atoms with van der Waals surface area (Å²) < 4.78 is 4.98. The van der Waals surface area contributed by atoms with Crippen molar-refractivity contribution < 1.29 is 19.1 Å². The van der Waals surface area contributed by atoms with Gasteiger partial charge in [0.25, 0.3) is 0 Å². The van der Waals surface area contributed by atoms with Crippen molar-refractivity contribution in [2.75, 3.05) is 44.2 Å². The summed E-state index contributed by atoms with van der Waals surface area (Å²) in [6.07, 6.45) is -0.0460. The summed E-state index contributed by atoms with van der Waals surface area (Å²) in [7, 11) is 0. The highest BCUT2D eigenvalue weighted by molar-refractivity contribution is 5.96. The molecule has 1 aromatic rings. The van der Waals surface area contributed by atoms with Crippen molar-refractivity contribution in [3.05, 3.63) is 29.8 Å². The fraction of sp³-hybridized carbons (Fsp3) is 0.526. The molecule has 0 spiro atoms. The summed E-state index contributed by atoms with van der Waals surface area (Å²) in [6, 6.07) is 7.38. The largest absolute Gasteiger partial charge is 0.450 e. The van der Waals surface area contributed by atoms with E-state index in [0.29, 0.717) is 45.8 Å². The number of urea groups is 1. The van der Waals surface area contributed by atoms with E-state index < -0.39 is 0 Å². The fourth-order valence-electron chi connectivity index (χ4n) is 3.35. The Bertz CT molecular complexity index is 698. The molecule has 2 aliphatic heterocycles. The lowest BCUT2D eigenvalue weighted by Crippen LogP contribution is -2.54. The average Bonchev–Trinajstić information content (AvgIpc) is 3.02. The average molecular weight is 374 g/mol. The van der Waals surface area contributed by atoms with Gasteiger partial charge < -0.3 is 24.8 Å². The molecule has 2 fully saturated rings. The van der Waals surface area contributed by atoms with E-state index in [1.54, 1.807) is 21.6 Å². The van der Waals surface area contributed by atoms with Gasteiger partial charge in [-0.1, -0.05) is 17.7 Å². The molecule has 0 bridgehead atoms. The number of carbonyl (C=O) groups excluding carboxylic acids is 3. The minimum Gasteiger partial charge on any atom is -0.450 e. The van der Waals surface area contributed by atoms with Crippen LogP contribution in [0.15, 0.2) is 24.3 Å². The van der Waals surface area contributed by atoms with Crippen molar-refractivity contribution in [1.29, 1.82) is 0 Å². The first-order valence-corrected chi connectivity index (χ1v) is 9.32. The molecule has 27 heavy (non-hydrogen) atoms. The maximum absolute atomic E-state index is 12.5. The zero-order valence-corrected chi connectivity index (χ0v) is 15.8. The van der Waals surface area contributed by atoms with Crippen LogP contribution in [-0.4, -0.2) is 73.2 Å². The number of aryl methyl sites for hydroxylation is 1. The molecule has 2 heterocycles. The molecule has 2 aliphatic rings. The zero-order chi connectivity index (χ0) is 19.4. The minimum absolute atomic E-state index is 0.0104. The lowest BCUT2D eigenvalue weighted by molar-refractivity contribution is -0.117. The first-order valence-electron chi connectivity index (χ1n) is 9.32. The summed E-state index contributed by atoms with van der Waals surface area (Å²) in [6.45, 7) is 6.38. The zero-order valence-electron chi connectivity index (χ0n) is 15.8. The van der Waals surface area contributed by atoms with Crippen molar-refractivity contribution in [2.45, 2.75) is 26.3 Å². The Morgan fingerprint density at radius 2 is 1.74 bits per heavy atom. The summed E-state index contributed by atoms with van der Waals surface area (Å²) in [4.78, 5) is 41.5. The summed E-state index contributed by atoms with van der Waals surface area (Å²) in [5.41, 5.74) is 1.99. The molecule has 3 rings (SSSR count). The second kappa shape index (κ2) is 8.28. The maximum atomic E-state index is 12.5. The number of hydrogen-bond donors (Lipinski definition) is 1. The normalized spacial score (nSPS) is 20.0. The maximum Gasteiger partial charge on any atom is 0.409 e. The van der Waals surface area contributed by atoms with Crippen LogP contribution < -0.4 is 10.2 Å². The summed E-state index contributed by atoms with van der Waals surface area (Å²) in [5, 5.41) is 2.95. The van der Waals surface area contributed by atoms with E-state index >= 15 is 0 Å². The molecular weight excluding hydrogens is 348 g/mol. The lowest BCUT2D eigenvalue weighted by atomic mass is 10.2. The van der Waals surface area contributed by atoms with Crippen LogP contribution in [0.1, 0.15) is 18.9 Å². The Labute approximate surface area is 159 Å². The van der Waals surface area contributed by atoms with Gasteiger partial charge in [0, 0.05) is 44.8 Å². The van der Waals surface area contributed by atoms with Crippen molar-refractivity contribution in [1.82, 2.24) is 15.1 Å². The van der Waals surface area contributed by atoms with Gasteiger partial charge in [-0.3, -0.25) is 4.79 Å². The van der Waals surface area contributed by atoms with Crippen molar-refractivity contribution in [3.8, 4) is 0 Å². The molecule has 1 aromatic carbocycles. The van der Waals surface area contributed by atoms with Crippen molar-refractivity contribution in [2.24, 2.45) is 0 Å². The molecule has 0 aromatic heterocycles. The van der Waals surface area contributed by atoms with E-state index in [9.17, 15) is 14.4 Å². The van der Waals surface area contributed by atoms with Crippen LogP contribution in [0, 0.1) is 6.92 Å². The van der Waals surface area contributed by atoms with Crippen LogP contribution in [0.25, 0.3) is 0 Å². The van der Waals surface area contributed by atoms with Gasteiger partial charge >= 0.3 is 12.1 Å². The second-order valence-corrected chi connectivity index (χ2v) is 6.86. The monoisotopic (exact) mass is 374 g/mol. The Morgan fingerprint density at radius 1 is 1.11 bits per heavy atom. The van der Waals surface area contributed by atoms with Gasteiger partial charge in [0.2, 0.25) is 5.91 Å². The van der Waals surface area contributed by atoms with Gasteiger partial charge in [-0.05, 0) is 26.0 Å². The standard InChI is InChI=1S/C19H26N4O4/c1-3-27-19(26)22-10-8-21(9-11-22)18(25)20-15-12-17(24)23(13-15)16-6-4-14(2)5-7-16/h4-7,15H,3,8-13H2,1-2H3,(H,20,25). The van der Waals surface area contributed by atoms with Crippen LogP contribution >= 0.6 is 0 Å². The summed E-state index contributed by atoms with van der Waals surface area (Å²) >= 11 is 0. The number of carbonyl (C=O) groups is 3. The van der Waals surface area contributed by atoms with Gasteiger partial charge in [0.05, 0.1) is 12.6 Å². The molecular formula is C19H26N4O4. The van der Waals surface area contributed by atoms with Crippen LogP contribution in [0.3, 0.4) is 0 Å². The quantitative estimate of drug-likeness (QED) is 0.871. The van der Waals surface area contributed by atoms with Gasteiger partial charge in [-0.25, -0.2) is 9.59 Å². The third-order valence-corrected chi connectivity index (χ3v) is 4.89. The molecule has 0 saturated carbocycles. The van der Waals surface area contributed by atoms with E-state index in [2.05, 4.69) is 5.32 Å². The SMILES string of the molecule is CCOC(=O)N1CCN(C(=O)NC2CC(=O)N(c3ccc(C)cc3)C2)CC1. The van der Waals surface area contributed by atoms with Gasteiger partial charge in [0.15, 0.2) is 0 Å². The Balaban J connectivity index is 1.50. The van der Waals surface area contributed by atoms with E-state index in [1.165, 1.54) is 0 Å². The van der Waals surface area contributed by atoms with Gasteiger partial charge in [-0.15, -0.1) is 0 Å². The molecule has 1 atom stereocenters. The number of anilines is 1. The highest BCUT2D eigenvalue weighted by Crippen LogP contribution is 2.22. The molecule has 146 valence electrons. The molecule has 2 saturated heterocycles. The number of nitrogens with one attached hydrogen (secondary N) is 1. The first kappa shape index (κ1) is 19.0. The van der Waals surface area contributed by atoms with Crippen LogP contribution in [-0.2, 0) is 9.53 Å². The number of benzene rings is 1. The van der Waals surface area contributed by atoms with E-state index in [1.807, 2.05) is 31.2 Å². The van der Waals surface area contributed by atoms with Crippen LogP contribution in [0.4, 0.5) is 15.3 Å². The second-order valence-electron chi connectivity index (χ2n) is 6.86. The summed E-state index contributed by atoms with van der Waals surface area (Å²) in [5.74, 6) is 0.0104. The number of rotatable bonds is 3. The first-order chi connectivity index (χ1) is 13.0. The highest BCUT2D eigenvalue weighted by Gasteiger charge is 2.33. The van der Waals surface area contributed by atoms with E-state index in [4.69, 9.17) is 4.74 Å². The smallest absolute Gasteiger partial charge is 0.409 e. The number of hydrogen-bond acceptors (Lipinski definition) is 4. The van der Waals surface area contributed by atoms with Crippen LogP contribution in [0.5, 0.6) is 0 Å². The molecule has 0 radical (unpaired) electrons. The number of amides is 4. The van der Waals surface area contributed by atoms with E-state index in [0.717, 1.165) is 11.3 Å². The van der Waals surface area contributed by atoms with Crippen molar-refractivity contribution in [3.63, 3.8) is 0 Å². The molecule has 4 amide bonds. The third-order valence-electron chi connectivity index (χ3n) is 4.89. The lowest BCUT2D eigenvalue weighted by Gasteiger charge is -2.34. The molecule has 0 aliphatic carbocycles. The Hall–Kier alpha value is -2.77. The molecule has 8 heteroatoms. The molecule has 1 unspecified atom stereocenters.